The number of benzene rings is 2. The molecule has 3 rings (SSSR count). The predicted molar refractivity (Wildman–Crippen MR) is 97.5 cm³/mol. The van der Waals surface area contributed by atoms with Crippen LogP contribution in [0.25, 0.3) is 6.08 Å². The second kappa shape index (κ2) is 7.97. The quantitative estimate of drug-likeness (QED) is 0.460. The van der Waals surface area contributed by atoms with Crippen LogP contribution in [0.3, 0.4) is 0 Å². The number of hydrogen-bond donors (Lipinski definition) is 3. The van der Waals surface area contributed by atoms with Crippen molar-refractivity contribution < 1.29 is 9.53 Å². The minimum Gasteiger partial charge on any atom is -0.489 e. The minimum absolute atomic E-state index is 0.0210. The molecule has 1 aliphatic rings. The van der Waals surface area contributed by atoms with E-state index in [1.54, 1.807) is 24.3 Å². The lowest BCUT2D eigenvalue weighted by Crippen LogP contribution is -2.10. The third-order valence-corrected chi connectivity index (χ3v) is 3.44. The van der Waals surface area contributed by atoms with Gasteiger partial charge in [-0.2, -0.15) is 0 Å². The molecule has 124 valence electrons. The predicted octanol–water partition coefficient (Wildman–Crippen LogP) is 3.33. The standard InChI is InChI=1S/C11H12O.C8H9N3O/c1-8-3-4-11-10(5-8)6-9(2)7-12-11;9-8(10)6-1-3-7(4-2-6)11-5-12/h3-6H,7H2,1-2H3;1-5H,(H3,9,10)(H,11,12). The first kappa shape index (κ1) is 17.3. The Bertz CT molecular complexity index is 765. The van der Waals surface area contributed by atoms with E-state index in [4.69, 9.17) is 15.9 Å². The molecular weight excluding hydrogens is 302 g/mol. The minimum atomic E-state index is 0.0210. The van der Waals surface area contributed by atoms with Gasteiger partial charge in [-0.25, -0.2) is 0 Å². The van der Waals surface area contributed by atoms with Crippen LogP contribution in [-0.2, 0) is 4.79 Å². The van der Waals surface area contributed by atoms with E-state index < -0.39 is 0 Å². The fourth-order valence-electron chi connectivity index (χ4n) is 2.22. The van der Waals surface area contributed by atoms with Crippen molar-refractivity contribution in [3.05, 3.63) is 64.7 Å². The molecule has 5 nitrogen and oxygen atoms in total. The number of fused-ring (bicyclic) bond motifs is 1. The molecular formula is C19H21N3O2. The van der Waals surface area contributed by atoms with Gasteiger partial charge in [-0.3, -0.25) is 10.2 Å². The number of nitrogen functional groups attached to an aromatic ring is 1. The van der Waals surface area contributed by atoms with Crippen molar-refractivity contribution in [1.82, 2.24) is 0 Å². The van der Waals surface area contributed by atoms with E-state index in [1.165, 1.54) is 16.7 Å². The maximum Gasteiger partial charge on any atom is 0.211 e. The molecule has 4 N–H and O–H groups in total. The van der Waals surface area contributed by atoms with Crippen molar-refractivity contribution in [2.45, 2.75) is 13.8 Å². The highest BCUT2D eigenvalue weighted by atomic mass is 16.5. The number of nitrogens with two attached hydrogens (primary N) is 1. The maximum atomic E-state index is 10.0. The molecule has 0 unspecified atom stereocenters. The van der Waals surface area contributed by atoms with Crippen LogP contribution in [0.15, 0.2) is 48.0 Å². The Labute approximate surface area is 141 Å². The largest absolute Gasteiger partial charge is 0.489 e. The van der Waals surface area contributed by atoms with Crippen molar-refractivity contribution in [3.8, 4) is 5.75 Å². The Kier molecular flexibility index (Phi) is 5.73. The molecule has 1 heterocycles. The smallest absolute Gasteiger partial charge is 0.211 e. The molecule has 0 fully saturated rings. The summed E-state index contributed by atoms with van der Waals surface area (Å²) in [5, 5.41) is 9.58. The van der Waals surface area contributed by atoms with Gasteiger partial charge in [0.15, 0.2) is 0 Å². The van der Waals surface area contributed by atoms with Crippen LogP contribution in [-0.4, -0.2) is 18.9 Å². The van der Waals surface area contributed by atoms with E-state index in [2.05, 4.69) is 37.4 Å². The van der Waals surface area contributed by atoms with Gasteiger partial charge in [0.1, 0.15) is 18.2 Å². The second-order valence-electron chi connectivity index (χ2n) is 5.57. The summed E-state index contributed by atoms with van der Waals surface area (Å²) in [6.45, 7) is 4.92. The summed E-state index contributed by atoms with van der Waals surface area (Å²) in [6, 6.07) is 13.0. The molecule has 0 aliphatic carbocycles. The lowest BCUT2D eigenvalue weighted by Gasteiger charge is -2.15. The van der Waals surface area contributed by atoms with E-state index in [-0.39, 0.29) is 5.84 Å². The van der Waals surface area contributed by atoms with Crippen LogP contribution in [0.5, 0.6) is 5.75 Å². The number of nitrogens with one attached hydrogen (secondary N) is 2. The molecule has 1 aliphatic heterocycles. The summed E-state index contributed by atoms with van der Waals surface area (Å²) >= 11 is 0. The number of rotatable bonds is 3. The lowest BCUT2D eigenvalue weighted by molar-refractivity contribution is -0.105. The first-order chi connectivity index (χ1) is 11.5. The van der Waals surface area contributed by atoms with Gasteiger partial charge >= 0.3 is 0 Å². The van der Waals surface area contributed by atoms with E-state index in [9.17, 15) is 4.79 Å². The Balaban J connectivity index is 0.000000174. The fourth-order valence-corrected chi connectivity index (χ4v) is 2.22. The van der Waals surface area contributed by atoms with Crippen LogP contribution in [0.2, 0.25) is 0 Å². The van der Waals surface area contributed by atoms with E-state index >= 15 is 0 Å². The highest BCUT2D eigenvalue weighted by Crippen LogP contribution is 2.26. The molecule has 0 saturated carbocycles. The highest BCUT2D eigenvalue weighted by Gasteiger charge is 2.07. The molecule has 0 saturated heterocycles. The van der Waals surface area contributed by atoms with Crippen LogP contribution in [0.1, 0.15) is 23.6 Å². The zero-order valence-corrected chi connectivity index (χ0v) is 13.8. The second-order valence-corrected chi connectivity index (χ2v) is 5.57. The number of carbonyl (C=O) groups is 1. The number of hydrogen-bond acceptors (Lipinski definition) is 3. The highest BCUT2D eigenvalue weighted by molar-refractivity contribution is 5.95. The molecule has 0 atom stereocenters. The monoisotopic (exact) mass is 323 g/mol. The number of ether oxygens (including phenoxy) is 1. The summed E-state index contributed by atoms with van der Waals surface area (Å²) in [5.74, 6) is 1.03. The zero-order chi connectivity index (χ0) is 17.5. The van der Waals surface area contributed by atoms with Gasteiger partial charge in [0.05, 0.1) is 0 Å². The molecule has 2 aromatic carbocycles. The Morgan fingerprint density at radius 1 is 1.21 bits per heavy atom. The molecule has 5 heteroatoms. The van der Waals surface area contributed by atoms with Gasteiger partial charge in [0.25, 0.3) is 0 Å². The van der Waals surface area contributed by atoms with Crippen molar-refractivity contribution in [2.75, 3.05) is 11.9 Å². The number of amides is 1. The summed E-state index contributed by atoms with van der Waals surface area (Å²) in [6.07, 6.45) is 2.79. The number of anilines is 1. The molecule has 1 amide bonds. The lowest BCUT2D eigenvalue weighted by atomic mass is 10.1. The topological polar surface area (TPSA) is 88.2 Å². The fraction of sp³-hybridized carbons (Fsp3) is 0.158. The van der Waals surface area contributed by atoms with Gasteiger partial charge in [-0.1, -0.05) is 11.6 Å². The zero-order valence-electron chi connectivity index (χ0n) is 13.8. The van der Waals surface area contributed by atoms with Crippen molar-refractivity contribution in [2.24, 2.45) is 5.73 Å². The first-order valence-corrected chi connectivity index (χ1v) is 7.55. The van der Waals surface area contributed by atoms with Crippen molar-refractivity contribution in [1.29, 1.82) is 5.41 Å². The van der Waals surface area contributed by atoms with Gasteiger partial charge in [-0.15, -0.1) is 0 Å². The Morgan fingerprint density at radius 2 is 1.92 bits per heavy atom. The molecule has 0 bridgehead atoms. The third-order valence-electron chi connectivity index (χ3n) is 3.44. The number of amidine groups is 1. The van der Waals surface area contributed by atoms with Crippen molar-refractivity contribution >= 4 is 24.0 Å². The van der Waals surface area contributed by atoms with Crippen molar-refractivity contribution in [3.63, 3.8) is 0 Å². The summed E-state index contributed by atoms with van der Waals surface area (Å²) in [7, 11) is 0. The van der Waals surface area contributed by atoms with E-state index in [0.29, 0.717) is 17.7 Å². The number of aryl methyl sites for hydroxylation is 1. The summed E-state index contributed by atoms with van der Waals surface area (Å²) < 4.78 is 5.52. The van der Waals surface area contributed by atoms with E-state index in [1.807, 2.05) is 6.07 Å². The third kappa shape index (κ3) is 4.71. The van der Waals surface area contributed by atoms with Gasteiger partial charge in [0, 0.05) is 16.8 Å². The van der Waals surface area contributed by atoms with Gasteiger partial charge < -0.3 is 15.8 Å². The van der Waals surface area contributed by atoms with Gasteiger partial charge in [0.2, 0.25) is 6.41 Å². The molecule has 24 heavy (non-hydrogen) atoms. The normalized spacial score (nSPS) is 11.8. The molecule has 0 aromatic heterocycles. The Hall–Kier alpha value is -3.08. The van der Waals surface area contributed by atoms with Gasteiger partial charge in [-0.05, 0) is 61.9 Å². The summed E-state index contributed by atoms with van der Waals surface area (Å²) in [4.78, 5) is 10.0. The first-order valence-electron chi connectivity index (χ1n) is 7.55. The van der Waals surface area contributed by atoms with Crippen LogP contribution >= 0.6 is 0 Å². The van der Waals surface area contributed by atoms with Crippen LogP contribution < -0.4 is 15.8 Å². The van der Waals surface area contributed by atoms with Crippen LogP contribution in [0.4, 0.5) is 5.69 Å². The molecule has 0 spiro atoms. The average molecular weight is 323 g/mol. The maximum absolute atomic E-state index is 10.0. The molecule has 0 radical (unpaired) electrons. The average Bonchev–Trinajstić information content (AvgIpc) is 2.56. The SMILES string of the molecule is CC1=Cc2cc(C)ccc2OC1.N=C(N)c1ccc(NC=O)cc1. The Morgan fingerprint density at radius 3 is 2.54 bits per heavy atom. The molecule has 2 aromatic rings. The summed E-state index contributed by atoms with van der Waals surface area (Å²) in [5.41, 5.74) is 10.3. The van der Waals surface area contributed by atoms with E-state index in [0.717, 1.165) is 12.4 Å². The van der Waals surface area contributed by atoms with Crippen LogP contribution in [0, 0.1) is 12.3 Å². The number of carbonyl (C=O) groups excluding carboxylic acids is 1.